The van der Waals surface area contributed by atoms with E-state index in [9.17, 15) is 34.8 Å². The Labute approximate surface area is 293 Å². The quantitative estimate of drug-likeness (QED) is 0.171. The molecule has 2 atom stereocenters. The van der Waals surface area contributed by atoms with Crippen LogP contribution in [0, 0.1) is 21.7 Å². The van der Waals surface area contributed by atoms with Crippen molar-refractivity contribution in [2.75, 3.05) is 0 Å². The third-order valence-electron chi connectivity index (χ3n) is 8.26. The Balaban J connectivity index is 0.00000130. The fourth-order valence-corrected chi connectivity index (χ4v) is 5.42. The molecule has 1 saturated carbocycles. The van der Waals surface area contributed by atoms with Crippen molar-refractivity contribution in [3.63, 3.8) is 0 Å². The van der Waals surface area contributed by atoms with Crippen molar-refractivity contribution in [3.05, 3.63) is 70.1 Å². The van der Waals surface area contributed by atoms with E-state index in [-0.39, 0.29) is 62.1 Å². The maximum Gasteiger partial charge on any atom is 0 e. The van der Waals surface area contributed by atoms with Crippen molar-refractivity contribution in [1.29, 1.82) is 0 Å². The first-order valence-corrected chi connectivity index (χ1v) is 18.1. The van der Waals surface area contributed by atoms with E-state index in [1.807, 2.05) is 12.4 Å². The van der Waals surface area contributed by atoms with Gasteiger partial charge in [0, 0.05) is 63.6 Å². The summed E-state index contributed by atoms with van der Waals surface area (Å²) in [6.45, 7) is 25.8. The van der Waals surface area contributed by atoms with E-state index in [2.05, 4.69) is 118 Å². The van der Waals surface area contributed by atoms with Crippen LogP contribution in [0.5, 0.6) is 0 Å². The van der Waals surface area contributed by atoms with E-state index in [0.29, 0.717) is 0 Å². The van der Waals surface area contributed by atoms with Crippen LogP contribution in [0.25, 0.3) is 0 Å². The Morgan fingerprint density at radius 2 is 0.833 bits per heavy atom. The van der Waals surface area contributed by atoms with Crippen LogP contribution in [0.15, 0.2) is 70.1 Å². The summed E-state index contributed by atoms with van der Waals surface area (Å²) >= 11 is 0. The summed E-state index contributed by atoms with van der Waals surface area (Å²) in [5.74, 6) is 0.203. The average Bonchev–Trinajstić information content (AvgIpc) is 2.83. The van der Waals surface area contributed by atoms with E-state index in [0.717, 1.165) is 48.0 Å². The molecule has 1 radical (unpaired) electrons. The molecule has 277 valence electrons. The molecule has 3 rings (SSSR count). The molecule has 4 nitrogen and oxygen atoms in total. The number of nitrogens with one attached hydrogen (secondary N) is 2. The van der Waals surface area contributed by atoms with Crippen LogP contribution in [-0.4, -0.2) is 23.7 Å². The van der Waals surface area contributed by atoms with Gasteiger partial charge in [0.05, 0.1) is 0 Å². The topological polar surface area (TPSA) is 58.2 Å². The molecule has 48 heavy (non-hydrogen) atoms. The number of Topliss-reactive ketones (excluding diaryl/α,β-unsaturated/α-hetero) is 2. The second-order valence-corrected chi connectivity index (χ2v) is 18.9. The zero-order valence-corrected chi connectivity index (χ0v) is 32.2. The third-order valence-corrected chi connectivity index (χ3v) is 8.26. The van der Waals surface area contributed by atoms with Crippen molar-refractivity contribution in [2.45, 2.75) is 121 Å². The SMILES string of the molecule is CC(C)(C)C1=C/C(=C/N[C@@H]2CCCC[C@H]2N/C=C2/C=C(C(C)(C)C)C=C(C(C)(C)C)C2=O)C(=O)C(C(C)(C)C)=C1.F[P-](F)(F)(F)(F)F.[Co]. The molecule has 0 aromatic rings. The van der Waals surface area contributed by atoms with Crippen molar-refractivity contribution in [2.24, 2.45) is 21.7 Å². The number of hydrogen-bond acceptors (Lipinski definition) is 4. The van der Waals surface area contributed by atoms with Crippen molar-refractivity contribution < 1.29 is 51.5 Å². The molecular formula is C36H54CoF6N2O2P-. The number of hydrogen-bond donors (Lipinski definition) is 2. The Kier molecular flexibility index (Phi) is 12.7. The molecule has 3 aliphatic carbocycles. The molecule has 2 N–H and O–H groups in total. The fraction of sp³-hybridized carbons (Fsp3) is 0.611. The number of rotatable bonds is 4. The van der Waals surface area contributed by atoms with E-state index < -0.39 is 7.81 Å². The van der Waals surface area contributed by atoms with Crippen LogP contribution in [0.3, 0.4) is 0 Å². The summed E-state index contributed by atoms with van der Waals surface area (Å²) in [5.41, 5.74) is 4.95. The average molecular weight is 751 g/mol. The van der Waals surface area contributed by atoms with Gasteiger partial charge < -0.3 is 10.6 Å². The van der Waals surface area contributed by atoms with Gasteiger partial charge in [-0.1, -0.05) is 108 Å². The molecule has 0 unspecified atom stereocenters. The monoisotopic (exact) mass is 750 g/mol. The molecule has 12 heteroatoms. The first kappa shape index (κ1) is 43.9. The Morgan fingerprint density at radius 3 is 1.06 bits per heavy atom. The Morgan fingerprint density at radius 1 is 0.562 bits per heavy atom. The third kappa shape index (κ3) is 14.4. The van der Waals surface area contributed by atoms with Gasteiger partial charge in [0.2, 0.25) is 0 Å². The number of halogens is 6. The van der Waals surface area contributed by atoms with Crippen LogP contribution >= 0.6 is 7.81 Å². The summed E-state index contributed by atoms with van der Waals surface area (Å²) in [6, 6.07) is 0.340. The van der Waals surface area contributed by atoms with Crippen molar-refractivity contribution >= 4 is 19.4 Å². The number of allylic oxidation sites excluding steroid dienone is 10. The molecule has 0 aromatic heterocycles. The zero-order valence-electron chi connectivity index (χ0n) is 30.3. The summed E-state index contributed by atoms with van der Waals surface area (Å²) < 4.78 is 59.2. The standard InChI is InChI=1S/C36H54N2O2.Co.F6P/c1-33(2,3)25-17-23(31(39)27(19-25)35(7,8)9)21-37-29-15-13-14-16-30(29)38-22-24-18-26(34(4,5)6)20-28(32(24)40)36(10,11)12;;1-7(2,3,4,5)6/h17-22,29-30,37-38H,13-16H2,1-12H3;;/q;;-1/b23-21-,24-22-;;/t29-,30-;;/m1../s1. The second-order valence-electron chi connectivity index (χ2n) is 17.0. The normalized spacial score (nSPS) is 24.5. The number of ketones is 2. The van der Waals surface area contributed by atoms with E-state index in [1.165, 1.54) is 11.1 Å². The Hall–Kier alpha value is -2.10. The molecule has 3 aliphatic rings. The van der Waals surface area contributed by atoms with Gasteiger partial charge in [0.1, 0.15) is 0 Å². The predicted molar refractivity (Wildman–Crippen MR) is 182 cm³/mol. The molecule has 0 amide bonds. The van der Waals surface area contributed by atoms with Crippen LogP contribution in [-0.2, 0) is 26.4 Å². The van der Waals surface area contributed by atoms with Gasteiger partial charge >= 0.3 is 33.0 Å². The van der Waals surface area contributed by atoms with Gasteiger partial charge in [-0.05, 0) is 57.8 Å². The largest absolute Gasteiger partial charge is 0 e. The minimum Gasteiger partial charge on any atom is 0 e. The first-order chi connectivity index (χ1) is 20.6. The maximum absolute atomic E-state index is 13.5. The summed E-state index contributed by atoms with van der Waals surface area (Å²) in [5, 5.41) is 7.25. The number of carbonyl (C=O) groups excluding carboxylic acids is 2. The molecule has 0 saturated heterocycles. The molecule has 0 bridgehead atoms. The van der Waals surface area contributed by atoms with Gasteiger partial charge in [0.25, 0.3) is 0 Å². The Bertz CT molecular complexity index is 1330. The molecular weight excluding hydrogens is 696 g/mol. The predicted octanol–water partition coefficient (Wildman–Crippen LogP) is 11.7. The van der Waals surface area contributed by atoms with E-state index in [4.69, 9.17) is 0 Å². The first-order valence-electron chi connectivity index (χ1n) is 16.1. The van der Waals surface area contributed by atoms with Gasteiger partial charge in [-0.15, -0.1) is 0 Å². The van der Waals surface area contributed by atoms with E-state index >= 15 is 0 Å². The number of carbonyl (C=O) groups is 2. The minimum absolute atomic E-state index is 0. The molecule has 0 aliphatic heterocycles. The van der Waals surface area contributed by atoms with Crippen LogP contribution in [0.2, 0.25) is 0 Å². The zero-order chi connectivity index (χ0) is 36.7. The van der Waals surface area contributed by atoms with Crippen molar-refractivity contribution in [1.82, 2.24) is 10.6 Å². The second kappa shape index (κ2) is 13.9. The minimum atomic E-state index is -10.7. The fourth-order valence-electron chi connectivity index (χ4n) is 5.42. The van der Waals surface area contributed by atoms with Gasteiger partial charge in [-0.3, -0.25) is 9.59 Å². The summed E-state index contributed by atoms with van der Waals surface area (Å²) in [4.78, 5) is 27.0. The molecule has 1 fully saturated rings. The van der Waals surface area contributed by atoms with Crippen LogP contribution in [0.1, 0.15) is 109 Å². The summed E-state index contributed by atoms with van der Waals surface area (Å²) in [6.07, 6.45) is 16.5. The van der Waals surface area contributed by atoms with Crippen LogP contribution in [0.4, 0.5) is 25.2 Å². The summed E-state index contributed by atoms with van der Waals surface area (Å²) in [7, 11) is -10.7. The maximum atomic E-state index is 13.5. The van der Waals surface area contributed by atoms with Gasteiger partial charge in [-0.2, -0.15) is 0 Å². The van der Waals surface area contributed by atoms with Crippen molar-refractivity contribution in [3.8, 4) is 0 Å². The molecule has 0 heterocycles. The molecule has 0 aromatic carbocycles. The van der Waals surface area contributed by atoms with Gasteiger partial charge in [0.15, 0.2) is 11.6 Å². The van der Waals surface area contributed by atoms with Crippen LogP contribution < -0.4 is 10.6 Å². The van der Waals surface area contributed by atoms with E-state index in [1.54, 1.807) is 0 Å². The smallest absolute Gasteiger partial charge is 0 e. The van der Waals surface area contributed by atoms with Gasteiger partial charge in [-0.25, -0.2) is 0 Å². The molecule has 0 spiro atoms.